The lowest BCUT2D eigenvalue weighted by molar-refractivity contribution is 0.190. The summed E-state index contributed by atoms with van der Waals surface area (Å²) in [5.74, 6) is 0.873. The lowest BCUT2D eigenvalue weighted by atomic mass is 10.1. The van der Waals surface area contributed by atoms with Crippen LogP contribution in [0.3, 0.4) is 0 Å². The maximum absolute atomic E-state index is 13.0. The first-order valence-corrected chi connectivity index (χ1v) is 10.5. The number of hydrogen-bond donors (Lipinski definition) is 0. The van der Waals surface area contributed by atoms with E-state index in [9.17, 15) is 8.42 Å². The van der Waals surface area contributed by atoms with Gasteiger partial charge in [0, 0.05) is 38.8 Å². The number of nitrogens with zero attached hydrogens (tertiary/aromatic N) is 2. The quantitative estimate of drug-likeness (QED) is 0.681. The van der Waals surface area contributed by atoms with Crippen LogP contribution in [0.2, 0.25) is 0 Å². The van der Waals surface area contributed by atoms with E-state index in [0.29, 0.717) is 24.6 Å². The van der Waals surface area contributed by atoms with Gasteiger partial charge in [0.1, 0.15) is 16.4 Å². The Kier molecular flexibility index (Phi) is 8.12. The minimum Gasteiger partial charge on any atom is -0.497 e. The van der Waals surface area contributed by atoms with E-state index in [-0.39, 0.29) is 17.3 Å². The van der Waals surface area contributed by atoms with E-state index in [2.05, 4.69) is 17.0 Å². The molecule has 0 aromatic heterocycles. The summed E-state index contributed by atoms with van der Waals surface area (Å²) in [7, 11) is -0.587. The van der Waals surface area contributed by atoms with Gasteiger partial charge in [-0.15, -0.1) is 12.4 Å². The molecular weight excluding hydrogens is 400 g/mol. The van der Waals surface area contributed by atoms with Gasteiger partial charge in [-0.3, -0.25) is 0 Å². The Morgan fingerprint density at radius 2 is 1.61 bits per heavy atom. The fraction of sp³-hybridized carbons (Fsp3) is 0.400. The second-order valence-corrected chi connectivity index (χ2v) is 8.40. The summed E-state index contributed by atoms with van der Waals surface area (Å²) < 4.78 is 38.0. The predicted molar refractivity (Wildman–Crippen MR) is 112 cm³/mol. The Morgan fingerprint density at radius 3 is 2.21 bits per heavy atom. The second-order valence-electron chi connectivity index (χ2n) is 6.50. The molecule has 0 unspecified atom stereocenters. The number of halogens is 1. The number of sulfonamides is 1. The van der Waals surface area contributed by atoms with Gasteiger partial charge in [0.25, 0.3) is 0 Å². The van der Waals surface area contributed by atoms with Gasteiger partial charge in [-0.2, -0.15) is 4.31 Å². The predicted octanol–water partition coefficient (Wildman–Crippen LogP) is 2.67. The standard InChI is InChI=1S/C20H26N2O4S.ClH/c1-25-18-8-9-20(19(16-18)26-2)27(23,24)22-14-12-21(13-15-22)11-10-17-6-4-3-5-7-17;/h3-9,16H,10-15H2,1-2H3;1H. The molecule has 2 aromatic rings. The first-order chi connectivity index (χ1) is 13.0. The molecule has 1 fully saturated rings. The van der Waals surface area contributed by atoms with Gasteiger partial charge in [0.15, 0.2) is 0 Å². The summed E-state index contributed by atoms with van der Waals surface area (Å²) in [4.78, 5) is 2.49. The van der Waals surface area contributed by atoms with Crippen LogP contribution in [-0.4, -0.2) is 64.6 Å². The van der Waals surface area contributed by atoms with Gasteiger partial charge in [0.2, 0.25) is 10.0 Å². The molecule has 1 aliphatic heterocycles. The molecule has 0 atom stereocenters. The highest BCUT2D eigenvalue weighted by molar-refractivity contribution is 7.89. The molecule has 6 nitrogen and oxygen atoms in total. The van der Waals surface area contributed by atoms with E-state index in [4.69, 9.17) is 9.47 Å². The summed E-state index contributed by atoms with van der Waals surface area (Å²) >= 11 is 0. The van der Waals surface area contributed by atoms with Crippen LogP contribution in [0.15, 0.2) is 53.4 Å². The largest absolute Gasteiger partial charge is 0.497 e. The first-order valence-electron chi connectivity index (χ1n) is 9.03. The number of piperazine rings is 1. The van der Waals surface area contributed by atoms with Crippen molar-refractivity contribution >= 4 is 22.4 Å². The maximum Gasteiger partial charge on any atom is 0.246 e. The third-order valence-electron chi connectivity index (χ3n) is 4.88. The minimum absolute atomic E-state index is 0. The molecule has 1 aliphatic rings. The molecule has 2 aromatic carbocycles. The zero-order valence-corrected chi connectivity index (χ0v) is 17.8. The Hall–Kier alpha value is -1.80. The van der Waals surface area contributed by atoms with Gasteiger partial charge in [-0.05, 0) is 24.1 Å². The number of ether oxygens (including phenoxy) is 2. The summed E-state index contributed by atoms with van der Waals surface area (Å²) in [5, 5.41) is 0. The van der Waals surface area contributed by atoms with E-state index >= 15 is 0 Å². The molecule has 0 amide bonds. The zero-order chi connectivity index (χ0) is 19.3. The monoisotopic (exact) mass is 426 g/mol. The number of benzene rings is 2. The first kappa shape index (κ1) is 22.5. The molecule has 154 valence electrons. The van der Waals surface area contributed by atoms with Crippen molar-refractivity contribution in [2.24, 2.45) is 0 Å². The molecule has 1 heterocycles. The fourth-order valence-corrected chi connectivity index (χ4v) is 4.81. The van der Waals surface area contributed by atoms with E-state index < -0.39 is 10.0 Å². The van der Waals surface area contributed by atoms with Crippen molar-refractivity contribution in [3.05, 3.63) is 54.1 Å². The molecule has 28 heavy (non-hydrogen) atoms. The van der Waals surface area contributed by atoms with Crippen molar-refractivity contribution in [3.63, 3.8) is 0 Å². The van der Waals surface area contributed by atoms with Crippen LogP contribution in [-0.2, 0) is 16.4 Å². The van der Waals surface area contributed by atoms with Gasteiger partial charge in [-0.25, -0.2) is 8.42 Å². The summed E-state index contributed by atoms with van der Waals surface area (Å²) in [6.45, 7) is 3.34. The highest BCUT2D eigenvalue weighted by Gasteiger charge is 2.30. The van der Waals surface area contributed by atoms with Crippen LogP contribution in [0.4, 0.5) is 0 Å². The summed E-state index contributed by atoms with van der Waals surface area (Å²) in [6.07, 6.45) is 0.972. The average Bonchev–Trinajstić information content (AvgIpc) is 2.72. The third-order valence-corrected chi connectivity index (χ3v) is 6.82. The van der Waals surface area contributed by atoms with Crippen LogP contribution in [0.1, 0.15) is 5.56 Å². The molecule has 8 heteroatoms. The SMILES string of the molecule is COc1ccc(S(=O)(=O)N2CCN(CCc3ccccc3)CC2)c(OC)c1.Cl. The van der Waals surface area contributed by atoms with Crippen molar-refractivity contribution in [2.45, 2.75) is 11.3 Å². The lowest BCUT2D eigenvalue weighted by Crippen LogP contribution is -2.49. The molecule has 0 bridgehead atoms. The normalized spacial score (nSPS) is 15.6. The van der Waals surface area contributed by atoms with E-state index in [1.807, 2.05) is 18.2 Å². The number of methoxy groups -OCH3 is 2. The Bertz CT molecular complexity index is 854. The van der Waals surface area contributed by atoms with Gasteiger partial charge < -0.3 is 14.4 Å². The van der Waals surface area contributed by atoms with E-state index in [0.717, 1.165) is 26.1 Å². The minimum atomic E-state index is -3.59. The van der Waals surface area contributed by atoms with E-state index in [1.165, 1.54) is 24.1 Å². The second kappa shape index (κ2) is 10.1. The lowest BCUT2D eigenvalue weighted by Gasteiger charge is -2.34. The summed E-state index contributed by atoms with van der Waals surface area (Å²) in [6, 6.07) is 15.1. The molecule has 1 saturated heterocycles. The van der Waals surface area contributed by atoms with Crippen LogP contribution in [0.5, 0.6) is 11.5 Å². The molecule has 0 saturated carbocycles. The van der Waals surface area contributed by atoms with Gasteiger partial charge in [-0.1, -0.05) is 30.3 Å². The van der Waals surface area contributed by atoms with Crippen molar-refractivity contribution in [1.82, 2.24) is 9.21 Å². The summed E-state index contributed by atoms with van der Waals surface area (Å²) in [5.41, 5.74) is 1.30. The van der Waals surface area contributed by atoms with Crippen LogP contribution < -0.4 is 9.47 Å². The van der Waals surface area contributed by atoms with Crippen molar-refractivity contribution in [2.75, 3.05) is 46.9 Å². The molecule has 0 radical (unpaired) electrons. The highest BCUT2D eigenvalue weighted by Crippen LogP contribution is 2.31. The molecule has 3 rings (SSSR count). The third kappa shape index (κ3) is 5.17. The zero-order valence-electron chi connectivity index (χ0n) is 16.2. The van der Waals surface area contributed by atoms with Crippen molar-refractivity contribution in [3.8, 4) is 11.5 Å². The highest BCUT2D eigenvalue weighted by atomic mass is 35.5. The molecular formula is C20H27ClN2O4S. The number of rotatable bonds is 7. The Balaban J connectivity index is 0.00000280. The van der Waals surface area contributed by atoms with E-state index in [1.54, 1.807) is 18.2 Å². The van der Waals surface area contributed by atoms with Crippen LogP contribution in [0, 0.1) is 0 Å². The van der Waals surface area contributed by atoms with Gasteiger partial charge >= 0.3 is 0 Å². The fourth-order valence-electron chi connectivity index (χ4n) is 3.25. The Morgan fingerprint density at radius 1 is 0.929 bits per heavy atom. The molecule has 0 N–H and O–H groups in total. The Labute approximate surface area is 173 Å². The maximum atomic E-state index is 13.0. The molecule has 0 aliphatic carbocycles. The average molecular weight is 427 g/mol. The van der Waals surface area contributed by atoms with Crippen LogP contribution >= 0.6 is 12.4 Å². The topological polar surface area (TPSA) is 59.1 Å². The van der Waals surface area contributed by atoms with Gasteiger partial charge in [0.05, 0.1) is 14.2 Å². The molecule has 0 spiro atoms. The van der Waals surface area contributed by atoms with Crippen LogP contribution in [0.25, 0.3) is 0 Å². The number of hydrogen-bond acceptors (Lipinski definition) is 5. The van der Waals surface area contributed by atoms with Crippen molar-refractivity contribution < 1.29 is 17.9 Å². The smallest absolute Gasteiger partial charge is 0.246 e. The van der Waals surface area contributed by atoms with Crippen molar-refractivity contribution in [1.29, 1.82) is 0 Å².